The molecule has 0 aromatic carbocycles. The van der Waals surface area contributed by atoms with Gasteiger partial charge in [0, 0.05) is 11.4 Å². The third-order valence-electron chi connectivity index (χ3n) is 2.84. The molecule has 0 atom stereocenters. The average Bonchev–Trinajstić information content (AvgIpc) is 2.19. The molecule has 1 N–H and O–H groups in total. The fourth-order valence-corrected chi connectivity index (χ4v) is 2.45. The van der Waals surface area contributed by atoms with Crippen molar-refractivity contribution in [3.05, 3.63) is 0 Å². The van der Waals surface area contributed by atoms with Crippen molar-refractivity contribution in [2.45, 2.75) is 63.8 Å². The lowest BCUT2D eigenvalue weighted by Crippen LogP contribution is -2.44. The van der Waals surface area contributed by atoms with Crippen molar-refractivity contribution < 1.29 is 13.9 Å². The minimum atomic E-state index is -1.11. The predicted octanol–water partition coefficient (Wildman–Crippen LogP) is 3.56. The Hall–Kier alpha value is -0.320. The van der Waals surface area contributed by atoms with Gasteiger partial charge >= 0.3 is 6.09 Å². The number of nitrogens with one attached hydrogen (secondary N) is 1. The second-order valence-electron chi connectivity index (χ2n) is 5.71. The number of ether oxygens (including phenoxy) is 1. The molecule has 1 aliphatic rings. The van der Waals surface area contributed by atoms with Crippen LogP contribution in [0.1, 0.15) is 46.5 Å². The van der Waals surface area contributed by atoms with Crippen LogP contribution in [0.4, 0.5) is 9.18 Å². The van der Waals surface area contributed by atoms with Gasteiger partial charge < -0.3 is 10.1 Å². The van der Waals surface area contributed by atoms with Crippen LogP contribution in [-0.4, -0.2) is 28.7 Å². The Morgan fingerprint density at radius 2 is 2.00 bits per heavy atom. The molecule has 0 aromatic rings. The van der Waals surface area contributed by atoms with Gasteiger partial charge in [-0.2, -0.15) is 0 Å². The van der Waals surface area contributed by atoms with Crippen molar-refractivity contribution >= 4 is 22.0 Å². The van der Waals surface area contributed by atoms with Crippen LogP contribution in [0, 0.1) is 0 Å². The van der Waals surface area contributed by atoms with Crippen molar-refractivity contribution in [2.24, 2.45) is 0 Å². The number of hydrogen-bond donors (Lipinski definition) is 1. The molecule has 17 heavy (non-hydrogen) atoms. The highest BCUT2D eigenvalue weighted by atomic mass is 79.9. The summed E-state index contributed by atoms with van der Waals surface area (Å²) in [6, 6.07) is 0.0350. The molecule has 1 rings (SSSR count). The molecule has 1 amide bonds. The van der Waals surface area contributed by atoms with E-state index in [-0.39, 0.29) is 6.04 Å². The zero-order valence-corrected chi connectivity index (χ0v) is 12.3. The molecule has 0 radical (unpaired) electrons. The first-order valence-corrected chi connectivity index (χ1v) is 7.11. The minimum absolute atomic E-state index is 0.0350. The Balaban J connectivity index is 2.34. The fourth-order valence-electron chi connectivity index (χ4n) is 1.89. The van der Waals surface area contributed by atoms with E-state index in [1.165, 1.54) is 0 Å². The lowest BCUT2D eigenvalue weighted by Gasteiger charge is -2.33. The number of carbonyl (C=O) groups excluding carboxylic acids is 1. The average molecular weight is 310 g/mol. The van der Waals surface area contributed by atoms with Crippen LogP contribution in [0.15, 0.2) is 0 Å². The normalized spacial score (nSPS) is 29.8. The summed E-state index contributed by atoms with van der Waals surface area (Å²) in [5.41, 5.74) is -1.59. The van der Waals surface area contributed by atoms with Crippen molar-refractivity contribution in [1.29, 1.82) is 0 Å². The molecular formula is C12H21BrFNO2. The number of alkyl carbamates (subject to hydrolysis) is 1. The van der Waals surface area contributed by atoms with E-state index in [9.17, 15) is 9.18 Å². The lowest BCUT2D eigenvalue weighted by molar-refractivity contribution is 0.0455. The number of carbonyl (C=O) groups is 1. The van der Waals surface area contributed by atoms with Crippen LogP contribution in [-0.2, 0) is 4.74 Å². The summed E-state index contributed by atoms with van der Waals surface area (Å²) < 4.78 is 19.1. The van der Waals surface area contributed by atoms with Gasteiger partial charge in [-0.25, -0.2) is 9.18 Å². The molecular weight excluding hydrogens is 289 g/mol. The number of halogens is 2. The number of alkyl halides is 2. The quantitative estimate of drug-likeness (QED) is 0.792. The van der Waals surface area contributed by atoms with Crippen LogP contribution < -0.4 is 5.32 Å². The van der Waals surface area contributed by atoms with Crippen LogP contribution in [0.5, 0.6) is 0 Å². The standard InChI is InChI=1S/C12H21BrFNO2/c1-11(2,3)17-10(16)15-9-4-6-12(14,8-13)7-5-9/h9H,4-8H2,1-3H3,(H,15,16). The summed E-state index contributed by atoms with van der Waals surface area (Å²) in [5.74, 6) is 0. The molecule has 1 fully saturated rings. The highest BCUT2D eigenvalue weighted by Crippen LogP contribution is 2.33. The summed E-state index contributed by atoms with van der Waals surface area (Å²) >= 11 is 3.19. The number of hydrogen-bond acceptors (Lipinski definition) is 2. The molecule has 0 heterocycles. The van der Waals surface area contributed by atoms with E-state index in [0.717, 1.165) is 0 Å². The second kappa shape index (κ2) is 5.55. The van der Waals surface area contributed by atoms with E-state index in [4.69, 9.17) is 4.74 Å². The van der Waals surface area contributed by atoms with Crippen LogP contribution in [0.3, 0.4) is 0 Å². The van der Waals surface area contributed by atoms with Gasteiger partial charge in [0.15, 0.2) is 0 Å². The van der Waals surface area contributed by atoms with Crippen LogP contribution in [0.2, 0.25) is 0 Å². The van der Waals surface area contributed by atoms with E-state index in [2.05, 4.69) is 21.2 Å². The molecule has 1 saturated carbocycles. The second-order valence-corrected chi connectivity index (χ2v) is 6.27. The lowest BCUT2D eigenvalue weighted by atomic mass is 9.85. The van der Waals surface area contributed by atoms with Gasteiger partial charge in [0.25, 0.3) is 0 Å². The van der Waals surface area contributed by atoms with Gasteiger partial charge in [-0.3, -0.25) is 0 Å². The first-order chi connectivity index (χ1) is 7.74. The zero-order chi connectivity index (χ0) is 13.1. The van der Waals surface area contributed by atoms with Crippen LogP contribution in [0.25, 0.3) is 0 Å². The maximum Gasteiger partial charge on any atom is 0.407 e. The van der Waals surface area contributed by atoms with Gasteiger partial charge in [0.2, 0.25) is 0 Å². The van der Waals surface area contributed by atoms with E-state index in [0.29, 0.717) is 31.0 Å². The molecule has 0 aromatic heterocycles. The minimum Gasteiger partial charge on any atom is -0.444 e. The molecule has 1 aliphatic carbocycles. The van der Waals surface area contributed by atoms with Gasteiger partial charge in [-0.15, -0.1) is 0 Å². The molecule has 0 aliphatic heterocycles. The monoisotopic (exact) mass is 309 g/mol. The van der Waals surface area contributed by atoms with Crippen molar-refractivity contribution in [2.75, 3.05) is 5.33 Å². The smallest absolute Gasteiger partial charge is 0.407 e. The Bertz CT molecular complexity index is 270. The van der Waals surface area contributed by atoms with Gasteiger partial charge in [0.05, 0.1) is 0 Å². The molecule has 0 spiro atoms. The summed E-state index contributed by atoms with van der Waals surface area (Å²) in [5, 5.41) is 3.17. The highest BCUT2D eigenvalue weighted by molar-refractivity contribution is 9.09. The Labute approximate surface area is 111 Å². The molecule has 0 bridgehead atoms. The number of amides is 1. The summed E-state index contributed by atoms with van der Waals surface area (Å²) in [6.07, 6.45) is 1.90. The van der Waals surface area contributed by atoms with Crippen molar-refractivity contribution in [1.82, 2.24) is 5.32 Å². The molecule has 3 nitrogen and oxygen atoms in total. The summed E-state index contributed by atoms with van der Waals surface area (Å²) in [7, 11) is 0. The molecule has 0 saturated heterocycles. The molecule has 5 heteroatoms. The maximum atomic E-state index is 13.9. The van der Waals surface area contributed by atoms with Gasteiger partial charge in [-0.05, 0) is 46.5 Å². The van der Waals surface area contributed by atoms with E-state index >= 15 is 0 Å². The third kappa shape index (κ3) is 5.23. The van der Waals surface area contributed by atoms with E-state index < -0.39 is 17.4 Å². The van der Waals surface area contributed by atoms with Crippen molar-refractivity contribution in [3.63, 3.8) is 0 Å². The fraction of sp³-hybridized carbons (Fsp3) is 0.917. The summed E-state index contributed by atoms with van der Waals surface area (Å²) in [4.78, 5) is 11.5. The van der Waals surface area contributed by atoms with E-state index in [1.807, 2.05) is 20.8 Å². The highest BCUT2D eigenvalue weighted by Gasteiger charge is 2.35. The van der Waals surface area contributed by atoms with Gasteiger partial charge in [-0.1, -0.05) is 15.9 Å². The first kappa shape index (κ1) is 14.7. The maximum absolute atomic E-state index is 13.9. The molecule has 100 valence electrons. The van der Waals surface area contributed by atoms with E-state index in [1.54, 1.807) is 0 Å². The first-order valence-electron chi connectivity index (χ1n) is 5.98. The van der Waals surface area contributed by atoms with Crippen LogP contribution >= 0.6 is 15.9 Å². The Morgan fingerprint density at radius 3 is 2.41 bits per heavy atom. The third-order valence-corrected chi connectivity index (χ3v) is 3.85. The Morgan fingerprint density at radius 1 is 1.47 bits per heavy atom. The molecule has 0 unspecified atom stereocenters. The Kier molecular flexibility index (Phi) is 4.81. The van der Waals surface area contributed by atoms with Crippen molar-refractivity contribution in [3.8, 4) is 0 Å². The number of rotatable bonds is 2. The predicted molar refractivity (Wildman–Crippen MR) is 69.3 cm³/mol. The zero-order valence-electron chi connectivity index (χ0n) is 10.7. The summed E-state index contributed by atoms with van der Waals surface area (Å²) in [6.45, 7) is 5.47. The van der Waals surface area contributed by atoms with Gasteiger partial charge in [0.1, 0.15) is 11.3 Å². The SMILES string of the molecule is CC(C)(C)OC(=O)NC1CCC(F)(CBr)CC1. The largest absolute Gasteiger partial charge is 0.444 e. The topological polar surface area (TPSA) is 38.3 Å².